The van der Waals surface area contributed by atoms with Gasteiger partial charge < -0.3 is 14.6 Å². The van der Waals surface area contributed by atoms with E-state index in [9.17, 15) is 9.59 Å². The molecule has 8 nitrogen and oxygen atoms in total. The van der Waals surface area contributed by atoms with Gasteiger partial charge in [-0.2, -0.15) is 0 Å². The Morgan fingerprint density at radius 3 is 2.45 bits per heavy atom. The molecule has 2 heterocycles. The maximum atomic E-state index is 12.8. The third kappa shape index (κ3) is 4.97. The summed E-state index contributed by atoms with van der Waals surface area (Å²) in [7, 11) is 0. The van der Waals surface area contributed by atoms with Crippen LogP contribution in [-0.4, -0.2) is 64.5 Å². The molecule has 1 fully saturated rings. The molecule has 0 unspecified atom stereocenters. The summed E-state index contributed by atoms with van der Waals surface area (Å²) in [6.45, 7) is 4.88. The first-order valence-corrected chi connectivity index (χ1v) is 10.4. The van der Waals surface area contributed by atoms with Gasteiger partial charge in [-0.25, -0.2) is 0 Å². The average molecular weight is 419 g/mol. The molecule has 4 rings (SSSR count). The second-order valence-electron chi connectivity index (χ2n) is 7.45. The van der Waals surface area contributed by atoms with Gasteiger partial charge in [0.05, 0.1) is 6.54 Å². The van der Waals surface area contributed by atoms with Crippen molar-refractivity contribution < 1.29 is 14.0 Å². The predicted octanol–water partition coefficient (Wildman–Crippen LogP) is 2.70. The van der Waals surface area contributed by atoms with Crippen LogP contribution in [0.1, 0.15) is 22.8 Å². The Bertz CT molecular complexity index is 1030. The van der Waals surface area contributed by atoms with Crippen molar-refractivity contribution in [1.29, 1.82) is 0 Å². The van der Waals surface area contributed by atoms with Gasteiger partial charge in [-0.1, -0.05) is 25.1 Å². The molecule has 1 aliphatic rings. The van der Waals surface area contributed by atoms with E-state index in [1.54, 1.807) is 24.3 Å². The minimum atomic E-state index is -0.0303. The summed E-state index contributed by atoms with van der Waals surface area (Å²) in [5.41, 5.74) is 3.38. The van der Waals surface area contributed by atoms with Crippen molar-refractivity contribution >= 4 is 17.5 Å². The molecule has 3 aromatic rings. The molecule has 0 saturated carbocycles. The maximum absolute atomic E-state index is 12.8. The van der Waals surface area contributed by atoms with Crippen LogP contribution in [0.2, 0.25) is 0 Å². The number of carbonyl (C=O) groups excluding carboxylic acids is 2. The van der Waals surface area contributed by atoms with Crippen molar-refractivity contribution in [3.63, 3.8) is 0 Å². The second-order valence-corrected chi connectivity index (χ2v) is 7.45. The van der Waals surface area contributed by atoms with E-state index >= 15 is 0 Å². The molecule has 0 atom stereocenters. The molecule has 0 radical (unpaired) electrons. The standard InChI is InChI=1S/C23H25N5O3/c1-2-17-5-3-4-6-20(17)25-21(29)15-27-11-13-28(14-12-27)23(30)19-9-7-18(8-10-19)22-26-24-16-31-22/h3-10,16H,2,11-15H2,1H3,(H,25,29). The third-order valence-electron chi connectivity index (χ3n) is 5.44. The topological polar surface area (TPSA) is 91.6 Å². The SMILES string of the molecule is CCc1ccccc1NC(=O)CN1CCN(C(=O)c2ccc(-c3nnco3)cc2)CC1. The van der Waals surface area contributed by atoms with Crippen LogP contribution in [0.5, 0.6) is 0 Å². The number of carbonyl (C=O) groups is 2. The van der Waals surface area contributed by atoms with Crippen LogP contribution >= 0.6 is 0 Å². The zero-order valence-corrected chi connectivity index (χ0v) is 17.5. The second kappa shape index (κ2) is 9.53. The van der Waals surface area contributed by atoms with Crippen LogP contribution in [0.4, 0.5) is 5.69 Å². The summed E-state index contributed by atoms with van der Waals surface area (Å²) < 4.78 is 5.17. The number of nitrogens with one attached hydrogen (secondary N) is 1. The van der Waals surface area contributed by atoms with E-state index in [4.69, 9.17) is 4.42 Å². The number of amides is 2. The number of aryl methyl sites for hydroxylation is 1. The van der Waals surface area contributed by atoms with Crippen molar-refractivity contribution in [2.75, 3.05) is 38.0 Å². The van der Waals surface area contributed by atoms with Crippen molar-refractivity contribution in [2.45, 2.75) is 13.3 Å². The number of rotatable bonds is 6. The first-order chi connectivity index (χ1) is 15.1. The van der Waals surface area contributed by atoms with Gasteiger partial charge in [-0.15, -0.1) is 10.2 Å². The summed E-state index contributed by atoms with van der Waals surface area (Å²) in [5, 5.41) is 10.5. The van der Waals surface area contributed by atoms with E-state index in [0.717, 1.165) is 23.2 Å². The molecule has 8 heteroatoms. The Morgan fingerprint density at radius 2 is 1.77 bits per heavy atom. The Hall–Kier alpha value is -3.52. The Kier molecular flexibility index (Phi) is 6.37. The molecule has 2 amide bonds. The quantitative estimate of drug-likeness (QED) is 0.661. The molecule has 2 aromatic carbocycles. The van der Waals surface area contributed by atoms with Crippen LogP contribution in [0.25, 0.3) is 11.5 Å². The van der Waals surface area contributed by atoms with Gasteiger partial charge in [0.2, 0.25) is 18.2 Å². The van der Waals surface area contributed by atoms with Crippen LogP contribution in [0, 0.1) is 0 Å². The van der Waals surface area contributed by atoms with Crippen LogP contribution in [-0.2, 0) is 11.2 Å². The van der Waals surface area contributed by atoms with E-state index < -0.39 is 0 Å². The van der Waals surface area contributed by atoms with Gasteiger partial charge in [-0.05, 0) is 42.3 Å². The van der Waals surface area contributed by atoms with E-state index in [1.807, 2.05) is 29.2 Å². The minimum Gasteiger partial charge on any atom is -0.423 e. The van der Waals surface area contributed by atoms with Crippen molar-refractivity contribution in [3.8, 4) is 11.5 Å². The molecule has 160 valence electrons. The van der Waals surface area contributed by atoms with Crippen molar-refractivity contribution in [1.82, 2.24) is 20.0 Å². The number of nitrogens with zero attached hydrogens (tertiary/aromatic N) is 4. The van der Waals surface area contributed by atoms with Gasteiger partial charge in [0.25, 0.3) is 5.91 Å². The number of hydrogen-bond donors (Lipinski definition) is 1. The average Bonchev–Trinajstić information content (AvgIpc) is 3.34. The predicted molar refractivity (Wildman–Crippen MR) is 117 cm³/mol. The fourth-order valence-corrected chi connectivity index (χ4v) is 3.69. The number of para-hydroxylation sites is 1. The first-order valence-electron chi connectivity index (χ1n) is 10.4. The normalized spacial score (nSPS) is 14.4. The van der Waals surface area contributed by atoms with E-state index in [-0.39, 0.29) is 11.8 Å². The van der Waals surface area contributed by atoms with E-state index in [0.29, 0.717) is 44.2 Å². The van der Waals surface area contributed by atoms with Crippen molar-refractivity contribution in [2.24, 2.45) is 0 Å². The zero-order chi connectivity index (χ0) is 21.6. The van der Waals surface area contributed by atoms with Crippen molar-refractivity contribution in [3.05, 3.63) is 66.1 Å². The lowest BCUT2D eigenvalue weighted by molar-refractivity contribution is -0.117. The lowest BCUT2D eigenvalue weighted by Gasteiger charge is -2.34. The number of aromatic nitrogens is 2. The molecule has 1 N–H and O–H groups in total. The Morgan fingerprint density at radius 1 is 1.03 bits per heavy atom. The van der Waals surface area contributed by atoms with Gasteiger partial charge in [0.1, 0.15) is 0 Å². The first kappa shape index (κ1) is 20.7. The molecule has 1 aliphatic heterocycles. The fourth-order valence-electron chi connectivity index (χ4n) is 3.69. The summed E-state index contributed by atoms with van der Waals surface area (Å²) in [5.74, 6) is 0.378. The number of piperazine rings is 1. The summed E-state index contributed by atoms with van der Waals surface area (Å²) >= 11 is 0. The highest BCUT2D eigenvalue weighted by Crippen LogP contribution is 2.18. The van der Waals surface area contributed by atoms with Gasteiger partial charge in [-0.3, -0.25) is 14.5 Å². The fraction of sp³-hybridized carbons (Fsp3) is 0.304. The summed E-state index contributed by atoms with van der Waals surface area (Å²) in [4.78, 5) is 29.2. The minimum absolute atomic E-state index is 0.0157. The Labute approximate surface area is 180 Å². The summed E-state index contributed by atoms with van der Waals surface area (Å²) in [6.07, 6.45) is 2.14. The molecular formula is C23H25N5O3. The summed E-state index contributed by atoms with van der Waals surface area (Å²) in [6, 6.07) is 15.0. The lowest BCUT2D eigenvalue weighted by atomic mass is 10.1. The number of anilines is 1. The molecule has 1 saturated heterocycles. The molecular weight excluding hydrogens is 394 g/mol. The van der Waals surface area contributed by atoms with Gasteiger partial charge >= 0.3 is 0 Å². The molecule has 0 spiro atoms. The van der Waals surface area contributed by atoms with Gasteiger partial charge in [0.15, 0.2) is 0 Å². The maximum Gasteiger partial charge on any atom is 0.253 e. The molecule has 31 heavy (non-hydrogen) atoms. The van der Waals surface area contributed by atoms with Crippen LogP contribution in [0.3, 0.4) is 0 Å². The number of benzene rings is 2. The van der Waals surface area contributed by atoms with E-state index in [1.165, 1.54) is 6.39 Å². The largest absolute Gasteiger partial charge is 0.423 e. The highest BCUT2D eigenvalue weighted by molar-refractivity contribution is 5.95. The molecule has 0 aliphatic carbocycles. The highest BCUT2D eigenvalue weighted by Gasteiger charge is 2.23. The lowest BCUT2D eigenvalue weighted by Crippen LogP contribution is -2.50. The third-order valence-corrected chi connectivity index (χ3v) is 5.44. The zero-order valence-electron chi connectivity index (χ0n) is 17.5. The number of hydrogen-bond acceptors (Lipinski definition) is 6. The monoisotopic (exact) mass is 419 g/mol. The molecule has 0 bridgehead atoms. The van der Waals surface area contributed by atoms with E-state index in [2.05, 4.69) is 27.3 Å². The van der Waals surface area contributed by atoms with Gasteiger partial charge in [0, 0.05) is 43.0 Å². The van der Waals surface area contributed by atoms with Crippen LogP contribution < -0.4 is 5.32 Å². The smallest absolute Gasteiger partial charge is 0.253 e. The Balaban J connectivity index is 1.28. The van der Waals surface area contributed by atoms with Crippen LogP contribution in [0.15, 0.2) is 59.3 Å². The highest BCUT2D eigenvalue weighted by atomic mass is 16.4. The molecule has 1 aromatic heterocycles.